The standard InChI is InChI=1S/C14H20N4O3/c1-5-15-9(2)13-17-18-14(21-13)16-10-6-11(19-3)8-12(7-10)20-4/h6-9,15H,5H2,1-4H3,(H,16,18). The van der Waals surface area contributed by atoms with Crippen LogP contribution in [0.1, 0.15) is 25.8 Å². The van der Waals surface area contributed by atoms with Crippen LogP contribution in [0, 0.1) is 0 Å². The molecule has 0 amide bonds. The first-order chi connectivity index (χ1) is 10.2. The molecule has 0 saturated carbocycles. The summed E-state index contributed by atoms with van der Waals surface area (Å²) < 4.78 is 16.0. The molecule has 1 aromatic carbocycles. The van der Waals surface area contributed by atoms with E-state index >= 15 is 0 Å². The molecule has 1 heterocycles. The zero-order valence-electron chi connectivity index (χ0n) is 12.6. The van der Waals surface area contributed by atoms with E-state index in [0.717, 1.165) is 12.2 Å². The molecule has 0 fully saturated rings. The highest BCUT2D eigenvalue weighted by Crippen LogP contribution is 2.28. The minimum Gasteiger partial charge on any atom is -0.497 e. The maximum Gasteiger partial charge on any atom is 0.320 e. The third kappa shape index (κ3) is 3.85. The summed E-state index contributed by atoms with van der Waals surface area (Å²) in [7, 11) is 3.20. The number of nitrogens with one attached hydrogen (secondary N) is 2. The zero-order chi connectivity index (χ0) is 15.2. The molecule has 1 atom stereocenters. The van der Waals surface area contributed by atoms with Crippen molar-refractivity contribution in [3.8, 4) is 11.5 Å². The third-order valence-electron chi connectivity index (χ3n) is 2.92. The second-order valence-corrected chi connectivity index (χ2v) is 4.45. The number of benzene rings is 1. The van der Waals surface area contributed by atoms with Gasteiger partial charge in [0.25, 0.3) is 0 Å². The fourth-order valence-corrected chi connectivity index (χ4v) is 1.86. The Morgan fingerprint density at radius 3 is 2.38 bits per heavy atom. The summed E-state index contributed by atoms with van der Waals surface area (Å²) in [6.45, 7) is 4.82. The largest absolute Gasteiger partial charge is 0.497 e. The van der Waals surface area contributed by atoms with Crippen molar-refractivity contribution in [2.45, 2.75) is 19.9 Å². The van der Waals surface area contributed by atoms with Crippen molar-refractivity contribution in [3.05, 3.63) is 24.1 Å². The molecule has 1 unspecified atom stereocenters. The molecule has 7 heteroatoms. The van der Waals surface area contributed by atoms with Gasteiger partial charge < -0.3 is 24.5 Å². The molecule has 2 N–H and O–H groups in total. The van der Waals surface area contributed by atoms with Crippen molar-refractivity contribution >= 4 is 11.7 Å². The molecule has 2 aromatic rings. The topological polar surface area (TPSA) is 81.4 Å². The summed E-state index contributed by atoms with van der Waals surface area (Å²) >= 11 is 0. The van der Waals surface area contributed by atoms with Crippen LogP contribution >= 0.6 is 0 Å². The lowest BCUT2D eigenvalue weighted by atomic mass is 10.3. The summed E-state index contributed by atoms with van der Waals surface area (Å²) in [6, 6.07) is 5.76. The van der Waals surface area contributed by atoms with Crippen LogP contribution in [0.15, 0.2) is 22.6 Å². The summed E-state index contributed by atoms with van der Waals surface area (Å²) in [5.74, 6) is 1.89. The van der Waals surface area contributed by atoms with Crippen LogP contribution in [0.5, 0.6) is 11.5 Å². The quantitative estimate of drug-likeness (QED) is 0.811. The highest BCUT2D eigenvalue weighted by molar-refractivity contribution is 5.58. The fraction of sp³-hybridized carbons (Fsp3) is 0.429. The molecular formula is C14H20N4O3. The summed E-state index contributed by atoms with van der Waals surface area (Å²) in [5, 5.41) is 14.2. The molecule has 0 radical (unpaired) electrons. The van der Waals surface area contributed by atoms with Gasteiger partial charge in [0.1, 0.15) is 11.5 Å². The van der Waals surface area contributed by atoms with E-state index in [1.165, 1.54) is 0 Å². The molecule has 0 aliphatic rings. The zero-order valence-corrected chi connectivity index (χ0v) is 12.6. The van der Waals surface area contributed by atoms with Gasteiger partial charge in [-0.3, -0.25) is 0 Å². The average Bonchev–Trinajstić information content (AvgIpc) is 2.95. The van der Waals surface area contributed by atoms with Crippen LogP contribution in [0.4, 0.5) is 11.7 Å². The first-order valence-corrected chi connectivity index (χ1v) is 6.73. The molecule has 0 aliphatic heterocycles. The second-order valence-electron chi connectivity index (χ2n) is 4.45. The van der Waals surface area contributed by atoms with Gasteiger partial charge in [-0.15, -0.1) is 5.10 Å². The van der Waals surface area contributed by atoms with Gasteiger partial charge in [-0.2, -0.15) is 0 Å². The predicted molar refractivity (Wildman–Crippen MR) is 79.2 cm³/mol. The van der Waals surface area contributed by atoms with Crippen LogP contribution in [-0.4, -0.2) is 31.0 Å². The Labute approximate surface area is 123 Å². The molecule has 114 valence electrons. The van der Waals surface area contributed by atoms with Crippen molar-refractivity contribution in [2.24, 2.45) is 0 Å². The molecular weight excluding hydrogens is 272 g/mol. The highest BCUT2D eigenvalue weighted by atomic mass is 16.5. The van der Waals surface area contributed by atoms with Crippen LogP contribution in [-0.2, 0) is 0 Å². The lowest BCUT2D eigenvalue weighted by Gasteiger charge is -2.08. The van der Waals surface area contributed by atoms with Crippen LogP contribution in [0.2, 0.25) is 0 Å². The van der Waals surface area contributed by atoms with Crippen molar-refractivity contribution < 1.29 is 13.9 Å². The molecule has 2 rings (SSSR count). The maximum absolute atomic E-state index is 5.57. The highest BCUT2D eigenvalue weighted by Gasteiger charge is 2.13. The van der Waals surface area contributed by atoms with Crippen LogP contribution < -0.4 is 20.1 Å². The van der Waals surface area contributed by atoms with E-state index in [2.05, 4.69) is 20.8 Å². The van der Waals surface area contributed by atoms with Crippen molar-refractivity contribution in [1.82, 2.24) is 15.5 Å². The Morgan fingerprint density at radius 1 is 1.14 bits per heavy atom. The summed E-state index contributed by atoms with van der Waals surface area (Å²) in [6.07, 6.45) is 0. The van der Waals surface area contributed by atoms with Gasteiger partial charge in [0.2, 0.25) is 5.89 Å². The monoisotopic (exact) mass is 292 g/mol. The minimum absolute atomic E-state index is 0.0119. The van der Waals surface area contributed by atoms with Gasteiger partial charge in [0, 0.05) is 23.9 Å². The summed E-state index contributed by atoms with van der Waals surface area (Å²) in [4.78, 5) is 0. The van der Waals surface area contributed by atoms with Crippen LogP contribution in [0.25, 0.3) is 0 Å². The number of methoxy groups -OCH3 is 2. The first-order valence-electron chi connectivity index (χ1n) is 6.73. The maximum atomic E-state index is 5.57. The first kappa shape index (κ1) is 15.1. The van der Waals surface area contributed by atoms with Crippen molar-refractivity contribution in [2.75, 3.05) is 26.1 Å². The number of nitrogens with zero attached hydrogens (tertiary/aromatic N) is 2. The van der Waals surface area contributed by atoms with Crippen LogP contribution in [0.3, 0.4) is 0 Å². The lowest BCUT2D eigenvalue weighted by Crippen LogP contribution is -2.17. The molecule has 7 nitrogen and oxygen atoms in total. The Bertz CT molecular complexity index is 563. The van der Waals surface area contributed by atoms with Gasteiger partial charge in [0.15, 0.2) is 0 Å². The molecule has 21 heavy (non-hydrogen) atoms. The van der Waals surface area contributed by atoms with E-state index in [9.17, 15) is 0 Å². The van der Waals surface area contributed by atoms with Gasteiger partial charge in [-0.05, 0) is 13.5 Å². The molecule has 0 saturated heterocycles. The van der Waals surface area contributed by atoms with Gasteiger partial charge >= 0.3 is 6.01 Å². The number of anilines is 2. The fourth-order valence-electron chi connectivity index (χ4n) is 1.86. The number of aromatic nitrogens is 2. The molecule has 0 aliphatic carbocycles. The van der Waals surface area contributed by atoms with Gasteiger partial charge in [0.05, 0.1) is 20.3 Å². The van der Waals surface area contributed by atoms with E-state index in [1.807, 2.05) is 26.0 Å². The predicted octanol–water partition coefficient (Wildman–Crippen LogP) is 2.50. The minimum atomic E-state index is 0.0119. The number of hydrogen-bond acceptors (Lipinski definition) is 7. The van der Waals surface area contributed by atoms with E-state index < -0.39 is 0 Å². The van der Waals surface area contributed by atoms with Crippen molar-refractivity contribution in [1.29, 1.82) is 0 Å². The number of hydrogen-bond donors (Lipinski definition) is 2. The number of ether oxygens (including phenoxy) is 2. The third-order valence-corrected chi connectivity index (χ3v) is 2.92. The average molecular weight is 292 g/mol. The number of rotatable bonds is 7. The molecule has 0 spiro atoms. The van der Waals surface area contributed by atoms with E-state index in [-0.39, 0.29) is 6.04 Å². The Balaban J connectivity index is 2.14. The normalized spacial score (nSPS) is 12.0. The Hall–Kier alpha value is -2.28. The van der Waals surface area contributed by atoms with E-state index in [0.29, 0.717) is 23.4 Å². The van der Waals surface area contributed by atoms with E-state index in [4.69, 9.17) is 13.9 Å². The lowest BCUT2D eigenvalue weighted by molar-refractivity contribution is 0.394. The molecule has 1 aromatic heterocycles. The Morgan fingerprint density at radius 2 is 1.81 bits per heavy atom. The molecule has 0 bridgehead atoms. The summed E-state index contributed by atoms with van der Waals surface area (Å²) in [5.41, 5.74) is 0.748. The SMILES string of the molecule is CCNC(C)c1nnc(Nc2cc(OC)cc(OC)c2)o1. The smallest absolute Gasteiger partial charge is 0.320 e. The Kier molecular flexibility index (Phi) is 4.99. The van der Waals surface area contributed by atoms with Gasteiger partial charge in [-0.1, -0.05) is 12.0 Å². The van der Waals surface area contributed by atoms with Gasteiger partial charge in [-0.25, -0.2) is 0 Å². The second kappa shape index (κ2) is 6.94. The van der Waals surface area contributed by atoms with E-state index in [1.54, 1.807) is 20.3 Å². The van der Waals surface area contributed by atoms with Crippen molar-refractivity contribution in [3.63, 3.8) is 0 Å².